The molecule has 4 aliphatic rings. The van der Waals surface area contributed by atoms with Crippen LogP contribution in [-0.4, -0.2) is 62.8 Å². The molecule has 1 aromatic carbocycles. The third kappa shape index (κ3) is 3.93. The quantitative estimate of drug-likeness (QED) is 0.668. The number of aromatic nitrogens is 3. The van der Waals surface area contributed by atoms with Crippen LogP contribution in [-0.2, 0) is 12.7 Å². The Morgan fingerprint density at radius 2 is 1.88 bits per heavy atom. The second-order valence-electron chi connectivity index (χ2n) is 10.3. The summed E-state index contributed by atoms with van der Waals surface area (Å²) in [6, 6.07) is 2.96. The minimum atomic E-state index is -4.56. The number of hydrogen-bond acceptors (Lipinski definition) is 4. The summed E-state index contributed by atoms with van der Waals surface area (Å²) in [6.45, 7) is 2.66. The summed E-state index contributed by atoms with van der Waals surface area (Å²) >= 11 is 0. The summed E-state index contributed by atoms with van der Waals surface area (Å²) < 4.78 is 54.0. The Morgan fingerprint density at radius 3 is 2.53 bits per heavy atom. The Balaban J connectivity index is 0.922. The van der Waals surface area contributed by atoms with Crippen molar-refractivity contribution < 1.29 is 22.4 Å². The highest BCUT2D eigenvalue weighted by atomic mass is 19.4. The molecular weight excluding hydrogens is 452 g/mol. The predicted octanol–water partition coefficient (Wildman–Crippen LogP) is 3.54. The summed E-state index contributed by atoms with van der Waals surface area (Å²) in [6.07, 6.45) is 1.70. The van der Waals surface area contributed by atoms with Crippen LogP contribution in [0.15, 0.2) is 24.5 Å². The Hall–Kier alpha value is -2.69. The van der Waals surface area contributed by atoms with Gasteiger partial charge in [-0.3, -0.25) is 0 Å². The third-order valence-electron chi connectivity index (χ3n) is 7.62. The first kappa shape index (κ1) is 21.8. The Morgan fingerprint density at radius 1 is 1.15 bits per heavy atom. The van der Waals surface area contributed by atoms with Crippen LogP contribution in [0.4, 0.5) is 22.4 Å². The van der Waals surface area contributed by atoms with Crippen molar-refractivity contribution in [1.29, 1.82) is 0 Å². The number of carbonyl (C=O) groups is 1. The molecule has 7 nitrogen and oxygen atoms in total. The molecule has 6 rings (SSSR count). The summed E-state index contributed by atoms with van der Waals surface area (Å²) in [7, 11) is 0. The second-order valence-corrected chi connectivity index (χ2v) is 10.3. The van der Waals surface area contributed by atoms with Crippen molar-refractivity contribution >= 4 is 6.03 Å². The number of benzene rings is 1. The van der Waals surface area contributed by atoms with Crippen LogP contribution in [0.2, 0.25) is 0 Å². The molecule has 1 aromatic heterocycles. The number of halogens is 4. The van der Waals surface area contributed by atoms with Crippen LogP contribution in [0.3, 0.4) is 0 Å². The first-order valence-electron chi connectivity index (χ1n) is 11.7. The molecule has 3 heterocycles. The van der Waals surface area contributed by atoms with Gasteiger partial charge in [-0.05, 0) is 37.8 Å². The lowest BCUT2D eigenvalue weighted by molar-refractivity contribution is -0.137. The van der Waals surface area contributed by atoms with Crippen molar-refractivity contribution in [3.63, 3.8) is 0 Å². The van der Waals surface area contributed by atoms with E-state index in [-0.39, 0.29) is 29.6 Å². The Kier molecular flexibility index (Phi) is 4.91. The van der Waals surface area contributed by atoms with Gasteiger partial charge in [-0.1, -0.05) is 6.07 Å². The molecule has 34 heavy (non-hydrogen) atoms. The van der Waals surface area contributed by atoms with Crippen LogP contribution >= 0.6 is 0 Å². The molecule has 1 N–H and O–H groups in total. The minimum Gasteiger partial charge on any atom is -0.323 e. The topological polar surface area (TPSA) is 66.3 Å². The van der Waals surface area contributed by atoms with E-state index < -0.39 is 17.6 Å². The molecule has 2 aliphatic carbocycles. The van der Waals surface area contributed by atoms with Crippen LogP contribution in [0, 0.1) is 11.2 Å². The molecule has 0 unspecified atom stereocenters. The van der Waals surface area contributed by atoms with Crippen molar-refractivity contribution in [3.05, 3.63) is 47.3 Å². The SMILES string of the molecule is O=C(N1CC(NCc2ccc(C(F)(F)F)cc2F)C1)N1CC2(CC(n3cnc(C4CC4)n3)C2)C1. The summed E-state index contributed by atoms with van der Waals surface area (Å²) in [4.78, 5) is 20.8. The van der Waals surface area contributed by atoms with Crippen molar-refractivity contribution in [2.45, 2.75) is 56.4 Å². The van der Waals surface area contributed by atoms with E-state index in [1.54, 1.807) is 4.90 Å². The maximum Gasteiger partial charge on any atom is 0.416 e. The zero-order valence-electron chi connectivity index (χ0n) is 18.6. The maximum atomic E-state index is 14.0. The minimum absolute atomic E-state index is 0.00180. The summed E-state index contributed by atoms with van der Waals surface area (Å²) in [5, 5.41) is 7.75. The highest BCUT2D eigenvalue weighted by molar-refractivity contribution is 5.76. The van der Waals surface area contributed by atoms with Crippen molar-refractivity contribution in [2.24, 2.45) is 5.41 Å². The smallest absolute Gasteiger partial charge is 0.323 e. The van der Waals surface area contributed by atoms with Crippen molar-refractivity contribution in [2.75, 3.05) is 26.2 Å². The van der Waals surface area contributed by atoms with E-state index in [0.29, 0.717) is 31.1 Å². The van der Waals surface area contributed by atoms with Gasteiger partial charge < -0.3 is 15.1 Å². The van der Waals surface area contributed by atoms with Crippen LogP contribution in [0.5, 0.6) is 0 Å². The fourth-order valence-corrected chi connectivity index (χ4v) is 5.36. The molecule has 2 aliphatic heterocycles. The molecule has 0 atom stereocenters. The van der Waals surface area contributed by atoms with Gasteiger partial charge in [0, 0.05) is 55.7 Å². The predicted molar refractivity (Wildman–Crippen MR) is 113 cm³/mol. The van der Waals surface area contributed by atoms with Crippen LogP contribution in [0.25, 0.3) is 0 Å². The summed E-state index contributed by atoms with van der Waals surface area (Å²) in [5.74, 6) is 0.637. The van der Waals surface area contributed by atoms with Gasteiger partial charge in [0.1, 0.15) is 12.1 Å². The molecule has 11 heteroatoms. The number of nitrogens with one attached hydrogen (secondary N) is 1. The van der Waals surface area contributed by atoms with Gasteiger partial charge in [0.2, 0.25) is 0 Å². The number of rotatable bonds is 5. The number of alkyl halides is 3. The number of amides is 2. The molecule has 2 amide bonds. The fraction of sp³-hybridized carbons (Fsp3) is 0.609. The van der Waals surface area contributed by atoms with Gasteiger partial charge >= 0.3 is 12.2 Å². The van der Waals surface area contributed by atoms with Gasteiger partial charge in [0.15, 0.2) is 5.82 Å². The van der Waals surface area contributed by atoms with Crippen LogP contribution < -0.4 is 5.32 Å². The average Bonchev–Trinajstić information content (AvgIpc) is 3.43. The number of likely N-dealkylation sites (tertiary alicyclic amines) is 2. The summed E-state index contributed by atoms with van der Waals surface area (Å²) in [5.41, 5.74) is -0.614. The third-order valence-corrected chi connectivity index (χ3v) is 7.62. The van der Waals surface area contributed by atoms with E-state index in [4.69, 9.17) is 0 Å². The largest absolute Gasteiger partial charge is 0.416 e. The second kappa shape index (κ2) is 7.66. The lowest BCUT2D eigenvalue weighted by Gasteiger charge is -2.60. The highest BCUT2D eigenvalue weighted by Crippen LogP contribution is 2.54. The van der Waals surface area contributed by atoms with Gasteiger partial charge in [-0.2, -0.15) is 18.3 Å². The van der Waals surface area contributed by atoms with Crippen molar-refractivity contribution in [1.82, 2.24) is 29.9 Å². The van der Waals surface area contributed by atoms with Gasteiger partial charge in [0.05, 0.1) is 11.6 Å². The zero-order valence-corrected chi connectivity index (χ0v) is 18.6. The fourth-order valence-electron chi connectivity index (χ4n) is 5.36. The standard InChI is InChI=1S/C23H26F4N6O/c24-19-5-16(23(25,26)27)4-3-15(19)8-28-17-9-31(10-17)21(34)32-11-22(12-32)6-18(7-22)33-13-29-20(30-33)14-1-2-14/h3-5,13-14,17-18,28H,1-2,6-12H2. The van der Waals surface area contributed by atoms with E-state index in [1.165, 1.54) is 12.8 Å². The van der Waals surface area contributed by atoms with E-state index in [1.807, 2.05) is 15.9 Å². The normalized spacial score (nSPS) is 22.5. The molecule has 1 spiro atoms. The lowest BCUT2D eigenvalue weighted by atomic mass is 9.61. The molecule has 2 saturated carbocycles. The first-order valence-corrected chi connectivity index (χ1v) is 11.7. The van der Waals surface area contributed by atoms with Gasteiger partial charge in [0.25, 0.3) is 0 Å². The molecule has 4 fully saturated rings. The van der Waals surface area contributed by atoms with E-state index in [2.05, 4.69) is 15.4 Å². The zero-order chi connectivity index (χ0) is 23.7. The molecule has 2 saturated heterocycles. The van der Waals surface area contributed by atoms with E-state index in [0.717, 1.165) is 43.9 Å². The lowest BCUT2D eigenvalue weighted by Crippen LogP contribution is -2.69. The monoisotopic (exact) mass is 478 g/mol. The van der Waals surface area contributed by atoms with Crippen LogP contribution in [0.1, 0.15) is 54.6 Å². The number of hydrogen-bond donors (Lipinski definition) is 1. The van der Waals surface area contributed by atoms with E-state index >= 15 is 0 Å². The van der Waals surface area contributed by atoms with Gasteiger partial charge in [-0.25, -0.2) is 18.9 Å². The number of urea groups is 1. The molecule has 0 radical (unpaired) electrons. The molecule has 182 valence electrons. The number of nitrogens with zero attached hydrogens (tertiary/aromatic N) is 5. The first-order chi connectivity index (χ1) is 16.2. The Bertz CT molecular complexity index is 1090. The van der Waals surface area contributed by atoms with Gasteiger partial charge in [-0.15, -0.1) is 0 Å². The number of carbonyl (C=O) groups excluding carboxylic acids is 1. The molecular formula is C23H26F4N6O. The van der Waals surface area contributed by atoms with Crippen molar-refractivity contribution in [3.8, 4) is 0 Å². The average molecular weight is 478 g/mol. The maximum absolute atomic E-state index is 14.0. The van der Waals surface area contributed by atoms with E-state index in [9.17, 15) is 22.4 Å². The Labute approximate surface area is 194 Å². The molecule has 0 bridgehead atoms. The molecule has 2 aromatic rings. The highest BCUT2D eigenvalue weighted by Gasteiger charge is 2.55.